The number of rotatable bonds is 6. The molecule has 6 nitrogen and oxygen atoms in total. The average Bonchev–Trinajstić information content (AvgIpc) is 3.13. The maximum absolute atomic E-state index is 13.5. The highest BCUT2D eigenvalue weighted by Gasteiger charge is 2.18. The molecule has 0 aliphatic rings. The van der Waals surface area contributed by atoms with E-state index in [2.05, 4.69) is 10.3 Å². The van der Waals surface area contributed by atoms with Gasteiger partial charge in [0.1, 0.15) is 23.4 Å². The summed E-state index contributed by atoms with van der Waals surface area (Å²) in [5.41, 5.74) is 2.96. The third kappa shape index (κ3) is 4.13. The maximum atomic E-state index is 13.5. The van der Waals surface area contributed by atoms with Crippen molar-refractivity contribution in [1.29, 1.82) is 0 Å². The van der Waals surface area contributed by atoms with E-state index in [9.17, 15) is 14.0 Å². The van der Waals surface area contributed by atoms with Gasteiger partial charge in [-0.1, -0.05) is 54.6 Å². The lowest BCUT2D eigenvalue weighted by atomic mass is 10.1. The number of amides is 1. The number of carbonyl (C=O) groups is 1. The van der Waals surface area contributed by atoms with E-state index in [1.165, 1.54) is 18.2 Å². The van der Waals surface area contributed by atoms with Gasteiger partial charge in [0.05, 0.1) is 11.8 Å². The molecular formula is C26H21FN4O2. The highest BCUT2D eigenvalue weighted by atomic mass is 19.1. The molecule has 5 aromatic rings. The largest absolute Gasteiger partial charge is 0.325 e. The van der Waals surface area contributed by atoms with Crippen LogP contribution in [0.2, 0.25) is 0 Å². The van der Waals surface area contributed by atoms with Gasteiger partial charge in [-0.2, -0.15) is 0 Å². The number of anilines is 1. The molecule has 1 N–H and O–H groups in total. The first-order chi connectivity index (χ1) is 16.1. The molecule has 0 bridgehead atoms. The first-order valence-corrected chi connectivity index (χ1v) is 10.7. The maximum Gasteiger partial charge on any atom is 0.277 e. The second kappa shape index (κ2) is 8.70. The minimum absolute atomic E-state index is 0.0971. The van der Waals surface area contributed by atoms with Crippen molar-refractivity contribution in [3.05, 3.63) is 107 Å². The van der Waals surface area contributed by atoms with E-state index >= 15 is 0 Å². The molecule has 0 radical (unpaired) electrons. The Morgan fingerprint density at radius 3 is 2.58 bits per heavy atom. The number of fused-ring (bicyclic) bond motifs is 3. The van der Waals surface area contributed by atoms with Crippen molar-refractivity contribution in [3.63, 3.8) is 0 Å². The van der Waals surface area contributed by atoms with Crippen LogP contribution in [-0.4, -0.2) is 20.0 Å². The van der Waals surface area contributed by atoms with Crippen LogP contribution in [0.3, 0.4) is 0 Å². The lowest BCUT2D eigenvalue weighted by Gasteiger charge is -2.10. The Balaban J connectivity index is 1.53. The molecule has 0 fully saturated rings. The summed E-state index contributed by atoms with van der Waals surface area (Å²) in [7, 11) is 0. The van der Waals surface area contributed by atoms with Crippen molar-refractivity contribution in [2.45, 2.75) is 19.5 Å². The van der Waals surface area contributed by atoms with Crippen molar-refractivity contribution in [2.24, 2.45) is 0 Å². The summed E-state index contributed by atoms with van der Waals surface area (Å²) in [6, 6.07) is 23.1. The fraction of sp³-hybridized carbons (Fsp3) is 0.115. The molecule has 2 aromatic heterocycles. The van der Waals surface area contributed by atoms with Gasteiger partial charge >= 0.3 is 0 Å². The number of para-hydroxylation sites is 1. The number of halogens is 1. The number of nitrogens with one attached hydrogen (secondary N) is 1. The molecule has 0 saturated heterocycles. The Morgan fingerprint density at radius 2 is 1.76 bits per heavy atom. The van der Waals surface area contributed by atoms with Crippen molar-refractivity contribution < 1.29 is 9.18 Å². The van der Waals surface area contributed by atoms with Gasteiger partial charge in [0.25, 0.3) is 5.56 Å². The highest BCUT2D eigenvalue weighted by molar-refractivity contribution is 6.06. The van der Waals surface area contributed by atoms with Gasteiger partial charge in [0.2, 0.25) is 5.91 Å². The molecule has 0 saturated carbocycles. The predicted octanol–water partition coefficient (Wildman–Crippen LogP) is 4.37. The Hall–Kier alpha value is -4.26. The molecule has 0 aliphatic carbocycles. The fourth-order valence-electron chi connectivity index (χ4n) is 4.08. The van der Waals surface area contributed by atoms with Crippen molar-refractivity contribution in [2.75, 3.05) is 5.32 Å². The second-order valence-electron chi connectivity index (χ2n) is 7.84. The van der Waals surface area contributed by atoms with E-state index in [-0.39, 0.29) is 18.0 Å². The Bertz CT molecular complexity index is 1520. The van der Waals surface area contributed by atoms with Crippen LogP contribution in [0.25, 0.3) is 21.9 Å². The fourth-order valence-corrected chi connectivity index (χ4v) is 4.08. The summed E-state index contributed by atoms with van der Waals surface area (Å²) >= 11 is 0. The number of hydrogen-bond acceptors (Lipinski definition) is 3. The van der Waals surface area contributed by atoms with E-state index in [4.69, 9.17) is 0 Å². The number of nitrogens with zero attached hydrogens (tertiary/aromatic N) is 3. The molecule has 3 aromatic carbocycles. The van der Waals surface area contributed by atoms with Gasteiger partial charge < -0.3 is 9.88 Å². The zero-order valence-corrected chi connectivity index (χ0v) is 17.7. The summed E-state index contributed by atoms with van der Waals surface area (Å²) in [5, 5.41) is 3.51. The minimum Gasteiger partial charge on any atom is -0.325 e. The Labute approximate surface area is 188 Å². The van der Waals surface area contributed by atoms with Crippen LogP contribution in [-0.2, 0) is 24.3 Å². The van der Waals surface area contributed by atoms with E-state index in [0.717, 1.165) is 16.5 Å². The summed E-state index contributed by atoms with van der Waals surface area (Å²) < 4.78 is 16.8. The number of aryl methyl sites for hydroxylation is 2. The average molecular weight is 440 g/mol. The standard InChI is InChI=1S/C26H21FN4O2/c27-19-9-6-10-20(15-19)29-23(32)16-31-22-12-5-4-11-21(22)24-25(31)26(33)30(17-28-24)14-13-18-7-2-1-3-8-18/h1-12,15,17H,13-14,16H2,(H,29,32). The Morgan fingerprint density at radius 1 is 0.970 bits per heavy atom. The molecule has 0 spiro atoms. The number of hydrogen-bond donors (Lipinski definition) is 1. The molecular weight excluding hydrogens is 419 g/mol. The van der Waals surface area contributed by atoms with Gasteiger partial charge in [-0.05, 0) is 36.2 Å². The van der Waals surface area contributed by atoms with E-state index < -0.39 is 5.82 Å². The molecule has 5 rings (SSSR count). The summed E-state index contributed by atoms with van der Waals surface area (Å²) in [6.07, 6.45) is 2.26. The second-order valence-corrected chi connectivity index (χ2v) is 7.84. The molecule has 7 heteroatoms. The predicted molar refractivity (Wildman–Crippen MR) is 127 cm³/mol. The van der Waals surface area contributed by atoms with Crippen LogP contribution in [0.15, 0.2) is 90.0 Å². The van der Waals surface area contributed by atoms with Crippen molar-refractivity contribution in [3.8, 4) is 0 Å². The zero-order chi connectivity index (χ0) is 22.8. The van der Waals surface area contributed by atoms with Crippen LogP contribution in [0.4, 0.5) is 10.1 Å². The Kier molecular flexibility index (Phi) is 5.44. The van der Waals surface area contributed by atoms with E-state index in [1.807, 2.05) is 54.6 Å². The van der Waals surface area contributed by atoms with Crippen LogP contribution < -0.4 is 10.9 Å². The molecule has 0 unspecified atom stereocenters. The van der Waals surface area contributed by atoms with Crippen LogP contribution in [0.5, 0.6) is 0 Å². The zero-order valence-electron chi connectivity index (χ0n) is 17.7. The third-order valence-electron chi connectivity index (χ3n) is 5.63. The number of carbonyl (C=O) groups excluding carboxylic acids is 1. The number of benzene rings is 3. The smallest absolute Gasteiger partial charge is 0.277 e. The van der Waals surface area contributed by atoms with Crippen LogP contribution in [0, 0.1) is 5.82 Å². The van der Waals surface area contributed by atoms with E-state index in [1.54, 1.807) is 21.5 Å². The molecule has 2 heterocycles. The summed E-state index contributed by atoms with van der Waals surface area (Å²) in [5.74, 6) is -0.794. The first kappa shape index (κ1) is 20.6. The monoisotopic (exact) mass is 440 g/mol. The number of aromatic nitrogens is 3. The van der Waals surface area contributed by atoms with Crippen LogP contribution in [0.1, 0.15) is 5.56 Å². The first-order valence-electron chi connectivity index (χ1n) is 10.7. The molecule has 0 atom stereocenters. The van der Waals surface area contributed by atoms with Crippen molar-refractivity contribution >= 4 is 33.5 Å². The third-order valence-corrected chi connectivity index (χ3v) is 5.63. The normalized spacial score (nSPS) is 11.2. The van der Waals surface area contributed by atoms with Gasteiger partial charge in [-0.25, -0.2) is 9.37 Å². The van der Waals surface area contributed by atoms with E-state index in [0.29, 0.717) is 29.7 Å². The summed E-state index contributed by atoms with van der Waals surface area (Å²) in [6.45, 7) is 0.378. The lowest BCUT2D eigenvalue weighted by molar-refractivity contribution is -0.116. The van der Waals surface area contributed by atoms with Crippen LogP contribution >= 0.6 is 0 Å². The highest BCUT2D eigenvalue weighted by Crippen LogP contribution is 2.25. The molecule has 0 aliphatic heterocycles. The topological polar surface area (TPSA) is 68.9 Å². The lowest BCUT2D eigenvalue weighted by Crippen LogP contribution is -2.25. The SMILES string of the molecule is O=C(Cn1c2ccccc2c2ncn(CCc3ccccc3)c(=O)c21)Nc1cccc(F)c1. The van der Waals surface area contributed by atoms with Crippen molar-refractivity contribution in [1.82, 2.24) is 14.1 Å². The van der Waals surface area contributed by atoms with Gasteiger partial charge in [0.15, 0.2) is 0 Å². The minimum atomic E-state index is -0.435. The van der Waals surface area contributed by atoms with Gasteiger partial charge in [0, 0.05) is 17.6 Å². The molecule has 33 heavy (non-hydrogen) atoms. The quantitative estimate of drug-likeness (QED) is 0.426. The van der Waals surface area contributed by atoms with Gasteiger partial charge in [-0.3, -0.25) is 14.2 Å². The molecule has 1 amide bonds. The van der Waals surface area contributed by atoms with Gasteiger partial charge in [-0.15, -0.1) is 0 Å². The summed E-state index contributed by atoms with van der Waals surface area (Å²) in [4.78, 5) is 30.8. The molecule has 164 valence electrons.